The molecule has 0 nitrogen and oxygen atoms in total. The highest BCUT2D eigenvalue weighted by Gasteiger charge is 2.40. The molecular weight excluding hydrogens is 384 g/mol. The van der Waals surface area contributed by atoms with Crippen molar-refractivity contribution < 1.29 is 0 Å². The molecule has 0 fully saturated rings. The quantitative estimate of drug-likeness (QED) is 0.308. The summed E-state index contributed by atoms with van der Waals surface area (Å²) in [5.41, 5.74) is 9.21. The van der Waals surface area contributed by atoms with E-state index in [9.17, 15) is 0 Å². The van der Waals surface area contributed by atoms with Crippen LogP contribution < -0.4 is 0 Å². The fourth-order valence-electron chi connectivity index (χ4n) is 5.21. The van der Waals surface area contributed by atoms with Crippen molar-refractivity contribution in [1.82, 2.24) is 0 Å². The summed E-state index contributed by atoms with van der Waals surface area (Å²) in [6.45, 7) is 4.70. The highest BCUT2D eigenvalue weighted by Crippen LogP contribution is 2.53. The van der Waals surface area contributed by atoms with Crippen LogP contribution in [0.25, 0.3) is 16.7 Å². The Morgan fingerprint density at radius 1 is 0.562 bits per heavy atom. The Morgan fingerprint density at radius 3 is 1.59 bits per heavy atom. The summed E-state index contributed by atoms with van der Waals surface area (Å²) in [6, 6.07) is 43.5. The van der Waals surface area contributed by atoms with Gasteiger partial charge in [0, 0.05) is 5.41 Å². The topological polar surface area (TPSA) is 0 Å². The van der Waals surface area contributed by atoms with Crippen LogP contribution in [0.4, 0.5) is 0 Å². The van der Waals surface area contributed by atoms with Gasteiger partial charge in [-0.1, -0.05) is 128 Å². The molecule has 0 saturated heterocycles. The summed E-state index contributed by atoms with van der Waals surface area (Å²) >= 11 is 0. The highest BCUT2D eigenvalue weighted by molar-refractivity contribution is 5.94. The molecule has 5 rings (SSSR count). The van der Waals surface area contributed by atoms with E-state index in [1.54, 1.807) is 0 Å². The van der Waals surface area contributed by atoms with Gasteiger partial charge >= 0.3 is 0 Å². The van der Waals surface area contributed by atoms with E-state index >= 15 is 0 Å². The Morgan fingerprint density at radius 2 is 1.03 bits per heavy atom. The van der Waals surface area contributed by atoms with Gasteiger partial charge in [-0.15, -0.1) is 0 Å². The molecule has 156 valence electrons. The standard InChI is InChI=1S/C32H28/c1-25(26-14-6-2-7-15-26)32(29-20-12-5-13-21-29)23-22-30(27-16-8-3-9-17-27)31(24-32)28-18-10-4-11-19-28/h2-21H,1,22-24H2. The molecule has 0 bridgehead atoms. The Labute approximate surface area is 191 Å². The average Bonchev–Trinajstić information content (AvgIpc) is 2.90. The van der Waals surface area contributed by atoms with E-state index in [2.05, 4.69) is 121 Å². The number of benzene rings is 4. The second-order valence-electron chi connectivity index (χ2n) is 8.66. The molecule has 0 spiro atoms. The predicted molar refractivity (Wildman–Crippen MR) is 137 cm³/mol. The van der Waals surface area contributed by atoms with E-state index in [0.29, 0.717) is 0 Å². The second-order valence-corrected chi connectivity index (χ2v) is 8.66. The SMILES string of the molecule is C=C(c1ccccc1)C1(c2ccccc2)CCC(c2ccccc2)=C(c2ccccc2)C1. The molecular formula is C32H28. The third-order valence-corrected chi connectivity index (χ3v) is 6.92. The van der Waals surface area contributed by atoms with E-state index in [4.69, 9.17) is 6.58 Å². The normalized spacial score (nSPS) is 18.4. The van der Waals surface area contributed by atoms with Crippen LogP contribution in [0, 0.1) is 0 Å². The molecule has 1 aliphatic rings. The van der Waals surface area contributed by atoms with Gasteiger partial charge in [-0.2, -0.15) is 0 Å². The smallest absolute Gasteiger partial charge is 0.0246 e. The lowest BCUT2D eigenvalue weighted by Gasteiger charge is -2.42. The first kappa shape index (κ1) is 20.3. The molecule has 4 aromatic rings. The molecule has 0 radical (unpaired) electrons. The van der Waals surface area contributed by atoms with E-state index < -0.39 is 0 Å². The number of allylic oxidation sites excluding steroid dienone is 3. The maximum absolute atomic E-state index is 4.70. The lowest BCUT2D eigenvalue weighted by molar-refractivity contribution is 0.515. The minimum atomic E-state index is -0.133. The van der Waals surface area contributed by atoms with Crippen LogP contribution in [-0.4, -0.2) is 0 Å². The summed E-state index contributed by atoms with van der Waals surface area (Å²) in [4.78, 5) is 0. The molecule has 1 aliphatic carbocycles. The first-order chi connectivity index (χ1) is 15.8. The summed E-state index contributed by atoms with van der Waals surface area (Å²) < 4.78 is 0. The van der Waals surface area contributed by atoms with Crippen molar-refractivity contribution in [3.05, 3.63) is 150 Å². The molecule has 0 saturated carbocycles. The van der Waals surface area contributed by atoms with Crippen LogP contribution in [0.3, 0.4) is 0 Å². The first-order valence-corrected chi connectivity index (χ1v) is 11.4. The molecule has 0 aromatic heterocycles. The predicted octanol–water partition coefficient (Wildman–Crippen LogP) is 8.43. The van der Waals surface area contributed by atoms with Gasteiger partial charge in [0.15, 0.2) is 0 Å². The van der Waals surface area contributed by atoms with Crippen molar-refractivity contribution in [3.8, 4) is 0 Å². The molecule has 0 heterocycles. The third-order valence-electron chi connectivity index (χ3n) is 6.92. The van der Waals surface area contributed by atoms with Gasteiger partial charge in [0.1, 0.15) is 0 Å². The number of hydrogen-bond acceptors (Lipinski definition) is 0. The van der Waals surface area contributed by atoms with Crippen LogP contribution in [0.15, 0.2) is 128 Å². The number of rotatable bonds is 5. The molecule has 32 heavy (non-hydrogen) atoms. The Hall–Kier alpha value is -3.64. The van der Waals surface area contributed by atoms with Gasteiger partial charge in [-0.05, 0) is 58.2 Å². The molecule has 0 amide bonds. The largest absolute Gasteiger partial charge is 0.0943 e. The minimum Gasteiger partial charge on any atom is -0.0943 e. The molecule has 1 atom stereocenters. The van der Waals surface area contributed by atoms with Crippen LogP contribution in [0.5, 0.6) is 0 Å². The molecule has 1 unspecified atom stereocenters. The van der Waals surface area contributed by atoms with Crippen molar-refractivity contribution in [2.24, 2.45) is 0 Å². The zero-order valence-corrected chi connectivity index (χ0v) is 18.4. The monoisotopic (exact) mass is 412 g/mol. The zero-order valence-electron chi connectivity index (χ0n) is 18.4. The van der Waals surface area contributed by atoms with Gasteiger partial charge in [-0.3, -0.25) is 0 Å². The summed E-state index contributed by atoms with van der Waals surface area (Å²) in [7, 11) is 0. The average molecular weight is 413 g/mol. The van der Waals surface area contributed by atoms with Crippen LogP contribution in [-0.2, 0) is 5.41 Å². The molecule has 0 N–H and O–H groups in total. The minimum absolute atomic E-state index is 0.133. The summed E-state index contributed by atoms with van der Waals surface area (Å²) in [5, 5.41) is 0. The lowest BCUT2D eigenvalue weighted by atomic mass is 9.61. The van der Waals surface area contributed by atoms with E-state index in [1.165, 1.54) is 39.0 Å². The van der Waals surface area contributed by atoms with Crippen molar-refractivity contribution >= 4 is 16.7 Å². The second kappa shape index (κ2) is 8.85. The summed E-state index contributed by atoms with van der Waals surface area (Å²) in [6.07, 6.45) is 3.01. The molecule has 0 heteroatoms. The fraction of sp³-hybridized carbons (Fsp3) is 0.125. The Balaban J connectivity index is 1.70. The highest BCUT2D eigenvalue weighted by atomic mass is 14.4. The van der Waals surface area contributed by atoms with Crippen molar-refractivity contribution in [3.63, 3.8) is 0 Å². The van der Waals surface area contributed by atoms with E-state index in [0.717, 1.165) is 19.3 Å². The van der Waals surface area contributed by atoms with Crippen molar-refractivity contribution in [1.29, 1.82) is 0 Å². The van der Waals surface area contributed by atoms with Crippen molar-refractivity contribution in [2.45, 2.75) is 24.7 Å². The zero-order chi connectivity index (χ0) is 21.8. The van der Waals surface area contributed by atoms with Crippen molar-refractivity contribution in [2.75, 3.05) is 0 Å². The van der Waals surface area contributed by atoms with Gasteiger partial charge in [0.2, 0.25) is 0 Å². The van der Waals surface area contributed by atoms with Crippen LogP contribution in [0.1, 0.15) is 41.5 Å². The maximum Gasteiger partial charge on any atom is 0.0246 e. The van der Waals surface area contributed by atoms with E-state index in [1.807, 2.05) is 0 Å². The Bertz CT molecular complexity index is 1220. The van der Waals surface area contributed by atoms with Crippen LogP contribution in [0.2, 0.25) is 0 Å². The fourth-order valence-corrected chi connectivity index (χ4v) is 5.21. The Kier molecular flexibility index (Phi) is 5.60. The van der Waals surface area contributed by atoms with Gasteiger partial charge in [0.05, 0.1) is 0 Å². The van der Waals surface area contributed by atoms with Gasteiger partial charge in [0.25, 0.3) is 0 Å². The molecule has 0 aliphatic heterocycles. The maximum atomic E-state index is 4.70. The molecule has 4 aromatic carbocycles. The van der Waals surface area contributed by atoms with Gasteiger partial charge in [-0.25, -0.2) is 0 Å². The number of hydrogen-bond donors (Lipinski definition) is 0. The van der Waals surface area contributed by atoms with Crippen LogP contribution >= 0.6 is 0 Å². The lowest BCUT2D eigenvalue weighted by Crippen LogP contribution is -2.31. The van der Waals surface area contributed by atoms with Gasteiger partial charge < -0.3 is 0 Å². The summed E-state index contributed by atoms with van der Waals surface area (Å²) in [5.74, 6) is 0. The first-order valence-electron chi connectivity index (χ1n) is 11.4. The third kappa shape index (κ3) is 3.74. The van der Waals surface area contributed by atoms with E-state index in [-0.39, 0.29) is 5.41 Å².